The first kappa shape index (κ1) is 24.7. The Morgan fingerprint density at radius 1 is 1.08 bits per heavy atom. The summed E-state index contributed by atoms with van der Waals surface area (Å²) in [5.41, 5.74) is 7.11. The van der Waals surface area contributed by atoms with Crippen LogP contribution in [-0.4, -0.2) is 60.4 Å². The van der Waals surface area contributed by atoms with Crippen LogP contribution in [0, 0.1) is 0 Å². The molecule has 1 fully saturated rings. The van der Waals surface area contributed by atoms with Crippen LogP contribution in [0.5, 0.6) is 0 Å². The topological polar surface area (TPSA) is 78.7 Å². The van der Waals surface area contributed by atoms with Gasteiger partial charge in [-0.2, -0.15) is 0 Å². The summed E-state index contributed by atoms with van der Waals surface area (Å²) < 4.78 is 0. The molecular formula is C18H30Cl2N4O2. The highest BCUT2D eigenvalue weighted by atomic mass is 35.5. The molecule has 0 spiro atoms. The first-order valence-electron chi connectivity index (χ1n) is 8.55. The SMILES string of the molecule is CC(C)NC(=O)CN1CCN(C(=O)CC(N)c2ccccc2)CC1.Cl.Cl. The Hall–Kier alpha value is -1.34. The van der Waals surface area contributed by atoms with Crippen molar-refractivity contribution in [2.24, 2.45) is 5.73 Å². The van der Waals surface area contributed by atoms with Gasteiger partial charge in [-0.05, 0) is 19.4 Å². The third-order valence-electron chi connectivity index (χ3n) is 4.16. The number of piperazine rings is 1. The quantitative estimate of drug-likeness (QED) is 0.754. The van der Waals surface area contributed by atoms with E-state index in [1.807, 2.05) is 49.1 Å². The van der Waals surface area contributed by atoms with Gasteiger partial charge in [0.15, 0.2) is 0 Å². The molecule has 1 aromatic carbocycles. The van der Waals surface area contributed by atoms with Gasteiger partial charge in [-0.1, -0.05) is 30.3 Å². The van der Waals surface area contributed by atoms with E-state index in [4.69, 9.17) is 5.73 Å². The van der Waals surface area contributed by atoms with Crippen LogP contribution in [0.25, 0.3) is 0 Å². The Morgan fingerprint density at radius 3 is 2.19 bits per heavy atom. The van der Waals surface area contributed by atoms with Crippen LogP contribution >= 0.6 is 24.8 Å². The number of halogens is 2. The second-order valence-corrected chi connectivity index (χ2v) is 6.60. The van der Waals surface area contributed by atoms with Crippen LogP contribution in [-0.2, 0) is 9.59 Å². The van der Waals surface area contributed by atoms with E-state index in [1.54, 1.807) is 0 Å². The molecule has 8 heteroatoms. The third kappa shape index (κ3) is 7.91. The minimum atomic E-state index is -0.270. The van der Waals surface area contributed by atoms with Crippen molar-refractivity contribution in [2.45, 2.75) is 32.4 Å². The first-order valence-corrected chi connectivity index (χ1v) is 8.55. The predicted octanol–water partition coefficient (Wildman–Crippen LogP) is 1.59. The van der Waals surface area contributed by atoms with Gasteiger partial charge < -0.3 is 16.0 Å². The molecule has 1 aliphatic heterocycles. The van der Waals surface area contributed by atoms with Gasteiger partial charge in [0.1, 0.15) is 0 Å². The normalized spacial score (nSPS) is 15.6. The van der Waals surface area contributed by atoms with E-state index in [9.17, 15) is 9.59 Å². The molecule has 1 unspecified atom stereocenters. The van der Waals surface area contributed by atoms with Gasteiger partial charge >= 0.3 is 0 Å². The van der Waals surface area contributed by atoms with Crippen LogP contribution in [0.1, 0.15) is 31.9 Å². The Bertz CT molecular complexity index is 549. The molecule has 3 N–H and O–H groups in total. The smallest absolute Gasteiger partial charge is 0.234 e. The van der Waals surface area contributed by atoms with E-state index in [-0.39, 0.29) is 48.7 Å². The summed E-state index contributed by atoms with van der Waals surface area (Å²) in [6, 6.07) is 9.58. The molecule has 26 heavy (non-hydrogen) atoms. The molecule has 0 aromatic heterocycles. The number of amides is 2. The molecule has 6 nitrogen and oxygen atoms in total. The summed E-state index contributed by atoms with van der Waals surface area (Å²) in [5, 5.41) is 2.89. The lowest BCUT2D eigenvalue weighted by atomic mass is 10.0. The minimum Gasteiger partial charge on any atom is -0.353 e. The van der Waals surface area contributed by atoms with Crippen molar-refractivity contribution in [1.29, 1.82) is 0 Å². The van der Waals surface area contributed by atoms with Crippen molar-refractivity contribution in [1.82, 2.24) is 15.1 Å². The van der Waals surface area contributed by atoms with Gasteiger partial charge in [-0.3, -0.25) is 14.5 Å². The van der Waals surface area contributed by atoms with E-state index in [2.05, 4.69) is 10.2 Å². The molecule has 0 bridgehead atoms. The Morgan fingerprint density at radius 2 is 1.65 bits per heavy atom. The molecule has 0 saturated carbocycles. The largest absolute Gasteiger partial charge is 0.353 e. The van der Waals surface area contributed by atoms with Crippen molar-refractivity contribution in [3.8, 4) is 0 Å². The van der Waals surface area contributed by atoms with Crippen LogP contribution in [0.2, 0.25) is 0 Å². The lowest BCUT2D eigenvalue weighted by Crippen LogP contribution is -2.51. The Balaban J connectivity index is 0.00000312. The molecule has 1 heterocycles. The third-order valence-corrected chi connectivity index (χ3v) is 4.16. The molecule has 2 rings (SSSR count). The zero-order valence-electron chi connectivity index (χ0n) is 15.4. The van der Waals surface area contributed by atoms with Crippen LogP contribution in [0.15, 0.2) is 30.3 Å². The average Bonchev–Trinajstić information content (AvgIpc) is 2.55. The van der Waals surface area contributed by atoms with Gasteiger partial charge in [-0.25, -0.2) is 0 Å². The number of nitrogens with two attached hydrogens (primary N) is 1. The Labute approximate surface area is 168 Å². The molecule has 2 amide bonds. The predicted molar refractivity (Wildman–Crippen MR) is 109 cm³/mol. The number of rotatable bonds is 6. The maximum atomic E-state index is 12.4. The van der Waals surface area contributed by atoms with Crippen molar-refractivity contribution in [2.75, 3.05) is 32.7 Å². The number of carbonyl (C=O) groups excluding carboxylic acids is 2. The van der Waals surface area contributed by atoms with E-state index in [1.165, 1.54) is 0 Å². The van der Waals surface area contributed by atoms with E-state index in [0.717, 1.165) is 18.7 Å². The zero-order valence-corrected chi connectivity index (χ0v) is 17.0. The number of hydrogen-bond acceptors (Lipinski definition) is 4. The highest BCUT2D eigenvalue weighted by molar-refractivity contribution is 5.85. The lowest BCUT2D eigenvalue weighted by molar-refractivity contribution is -0.133. The van der Waals surface area contributed by atoms with Crippen molar-refractivity contribution >= 4 is 36.6 Å². The van der Waals surface area contributed by atoms with Gasteiger partial charge in [-0.15, -0.1) is 24.8 Å². The van der Waals surface area contributed by atoms with Crippen LogP contribution in [0.4, 0.5) is 0 Å². The summed E-state index contributed by atoms with van der Waals surface area (Å²) in [5.74, 6) is 0.119. The molecule has 1 saturated heterocycles. The summed E-state index contributed by atoms with van der Waals surface area (Å²) in [6.07, 6.45) is 0.317. The summed E-state index contributed by atoms with van der Waals surface area (Å²) in [7, 11) is 0. The number of nitrogens with one attached hydrogen (secondary N) is 1. The van der Waals surface area contributed by atoms with E-state index >= 15 is 0 Å². The van der Waals surface area contributed by atoms with Crippen LogP contribution < -0.4 is 11.1 Å². The summed E-state index contributed by atoms with van der Waals surface area (Å²) in [4.78, 5) is 28.1. The maximum absolute atomic E-state index is 12.4. The molecule has 0 aliphatic carbocycles. The van der Waals surface area contributed by atoms with Crippen molar-refractivity contribution in [3.63, 3.8) is 0 Å². The van der Waals surface area contributed by atoms with E-state index in [0.29, 0.717) is 26.1 Å². The zero-order chi connectivity index (χ0) is 17.5. The molecule has 1 aliphatic rings. The van der Waals surface area contributed by atoms with Crippen LogP contribution in [0.3, 0.4) is 0 Å². The number of benzene rings is 1. The van der Waals surface area contributed by atoms with Gasteiger partial charge in [0, 0.05) is 44.7 Å². The fraction of sp³-hybridized carbons (Fsp3) is 0.556. The monoisotopic (exact) mass is 404 g/mol. The fourth-order valence-electron chi connectivity index (χ4n) is 2.86. The van der Waals surface area contributed by atoms with Gasteiger partial charge in [0.05, 0.1) is 6.54 Å². The number of nitrogens with zero attached hydrogens (tertiary/aromatic N) is 2. The average molecular weight is 405 g/mol. The summed E-state index contributed by atoms with van der Waals surface area (Å²) >= 11 is 0. The number of hydrogen-bond donors (Lipinski definition) is 2. The first-order chi connectivity index (χ1) is 11.5. The standard InChI is InChI=1S/C18H28N4O2.2ClH/c1-14(2)20-17(23)13-21-8-10-22(11-9-21)18(24)12-16(19)15-6-4-3-5-7-15;;/h3-7,14,16H,8-13,19H2,1-2H3,(H,20,23);2*1H. The van der Waals surface area contributed by atoms with E-state index < -0.39 is 0 Å². The van der Waals surface area contributed by atoms with Gasteiger partial charge in [0.2, 0.25) is 11.8 Å². The summed E-state index contributed by atoms with van der Waals surface area (Å²) in [6.45, 7) is 7.03. The highest BCUT2D eigenvalue weighted by Crippen LogP contribution is 2.15. The van der Waals surface area contributed by atoms with Gasteiger partial charge in [0.25, 0.3) is 0 Å². The Kier molecular flexibility index (Phi) is 11.5. The lowest BCUT2D eigenvalue weighted by Gasteiger charge is -2.35. The molecule has 1 atom stereocenters. The molecular weight excluding hydrogens is 375 g/mol. The second kappa shape index (κ2) is 12.1. The minimum absolute atomic E-state index is 0. The van der Waals surface area contributed by atoms with Crippen molar-refractivity contribution < 1.29 is 9.59 Å². The highest BCUT2D eigenvalue weighted by Gasteiger charge is 2.24. The molecule has 1 aromatic rings. The second-order valence-electron chi connectivity index (χ2n) is 6.60. The molecule has 148 valence electrons. The fourth-order valence-corrected chi connectivity index (χ4v) is 2.86. The maximum Gasteiger partial charge on any atom is 0.234 e. The van der Waals surface area contributed by atoms with Crippen molar-refractivity contribution in [3.05, 3.63) is 35.9 Å². The number of carbonyl (C=O) groups is 2. The molecule has 0 radical (unpaired) electrons.